The molecule has 2 aliphatic heterocycles. The molecule has 372 valence electrons. The van der Waals surface area contributed by atoms with Gasteiger partial charge in [-0.25, -0.2) is 19.9 Å². The van der Waals surface area contributed by atoms with Crippen LogP contribution in [-0.4, -0.2) is 24.5 Å². The molecule has 2 unspecified atom stereocenters. The molecule has 0 bridgehead atoms. The van der Waals surface area contributed by atoms with Crippen molar-refractivity contribution in [3.63, 3.8) is 0 Å². The Morgan fingerprint density at radius 3 is 1.80 bits per heavy atom. The van der Waals surface area contributed by atoms with Gasteiger partial charge in [-0.1, -0.05) is 218 Å². The van der Waals surface area contributed by atoms with E-state index in [9.17, 15) is 0 Å². The van der Waals surface area contributed by atoms with Crippen LogP contribution in [0, 0.1) is 0 Å². The van der Waals surface area contributed by atoms with Crippen molar-refractivity contribution < 1.29 is 4.42 Å². The molecular weight excluding hydrogens is 997 g/mol. The molecule has 0 saturated carbocycles. The topological polar surface area (TPSA) is 72.9 Å². The van der Waals surface area contributed by atoms with Crippen LogP contribution in [0.5, 0.6) is 0 Å². The summed E-state index contributed by atoms with van der Waals surface area (Å²) in [5, 5.41) is 10.9. The van der Waals surface area contributed by atoms with Gasteiger partial charge >= 0.3 is 0 Å². The smallest absolute Gasteiger partial charge is 0.235 e. The zero-order chi connectivity index (χ0) is 52.2. The van der Waals surface area contributed by atoms with Crippen molar-refractivity contribution in [3.8, 4) is 39.6 Å². The van der Waals surface area contributed by atoms with Gasteiger partial charge in [-0.15, -0.1) is 0 Å². The Bertz CT molecular complexity index is 5320. The van der Waals surface area contributed by atoms with Gasteiger partial charge in [0.1, 0.15) is 11.2 Å². The number of furan rings is 1. The average molecular weight is 1040 g/mol. The Morgan fingerprint density at radius 1 is 0.412 bits per heavy atom. The van der Waals surface area contributed by atoms with Gasteiger partial charge in [0, 0.05) is 86.8 Å². The van der Waals surface area contributed by atoms with Crippen LogP contribution >= 0.6 is 11.8 Å². The zero-order valence-corrected chi connectivity index (χ0v) is 43.6. The first-order valence-electron chi connectivity index (χ1n) is 27.2. The third-order valence-corrected chi connectivity index (χ3v) is 18.2. The van der Waals surface area contributed by atoms with Gasteiger partial charge in [-0.3, -0.25) is 9.47 Å². The van der Waals surface area contributed by atoms with Crippen molar-refractivity contribution in [2.45, 2.75) is 16.7 Å². The second kappa shape index (κ2) is 16.7. The van der Waals surface area contributed by atoms with Crippen molar-refractivity contribution in [3.05, 3.63) is 264 Å². The normalized spacial score (nSPS) is 15.4. The van der Waals surface area contributed by atoms with Gasteiger partial charge in [0.2, 0.25) is 11.9 Å². The van der Waals surface area contributed by atoms with Gasteiger partial charge in [-0.2, -0.15) is 0 Å². The number of hydrogen-bond donors (Lipinski definition) is 0. The summed E-state index contributed by atoms with van der Waals surface area (Å²) in [5.74, 6) is 1.34. The van der Waals surface area contributed by atoms with Crippen LogP contribution in [0.25, 0.3) is 127 Å². The summed E-state index contributed by atoms with van der Waals surface area (Å²) in [6, 6.07) is 86.7. The Kier molecular flexibility index (Phi) is 9.15. The highest BCUT2D eigenvalue weighted by Crippen LogP contribution is 2.63. The summed E-state index contributed by atoms with van der Waals surface area (Å²) in [7, 11) is 0. The second-order valence-electron chi connectivity index (χ2n) is 21.1. The molecule has 3 aliphatic rings. The predicted molar refractivity (Wildman–Crippen MR) is 327 cm³/mol. The largest absolute Gasteiger partial charge is 0.455 e. The maximum atomic E-state index is 7.23. The number of thioether (sulfide) groups is 1. The minimum atomic E-state index is -0.0111. The quantitative estimate of drug-likeness (QED) is 0.170. The molecule has 18 rings (SSSR count). The monoisotopic (exact) mass is 1040 g/mol. The lowest BCUT2D eigenvalue weighted by Gasteiger charge is -2.30. The number of fused-ring (bicyclic) bond motifs is 20. The number of para-hydroxylation sites is 4. The van der Waals surface area contributed by atoms with Crippen LogP contribution in [0.4, 0.5) is 11.6 Å². The summed E-state index contributed by atoms with van der Waals surface area (Å²) in [6.07, 6.45) is 0. The highest BCUT2D eigenvalue weighted by molar-refractivity contribution is 8.08. The van der Waals surface area contributed by atoms with E-state index in [0.29, 0.717) is 11.9 Å². The maximum Gasteiger partial charge on any atom is 0.235 e. The maximum absolute atomic E-state index is 7.23. The molecule has 8 heteroatoms. The Balaban J connectivity index is 0.949. The average Bonchev–Trinajstić information content (AvgIpc) is 4.42. The van der Waals surface area contributed by atoms with E-state index in [1.54, 1.807) is 0 Å². The fourth-order valence-electron chi connectivity index (χ4n) is 13.7. The van der Waals surface area contributed by atoms with Crippen LogP contribution in [0.2, 0.25) is 0 Å². The summed E-state index contributed by atoms with van der Waals surface area (Å²) < 4.78 is 9.53. The van der Waals surface area contributed by atoms with Gasteiger partial charge in [0.25, 0.3) is 0 Å². The highest BCUT2D eigenvalue weighted by atomic mass is 32.2. The first-order chi connectivity index (χ1) is 39.7. The molecule has 4 aromatic heterocycles. The molecule has 0 fully saturated rings. The SMILES string of the molecule is c1ccc(-c2nc(N3C4=c5ccccc5=C5Sc6ccccc6C5C4c4ccc(-c5cccc6c5c5oc7ccccc7c5c5c7ccccc7n(-c7nc(-c8ccccc8)c8ccccc8n7)c65)cc43)nc3ccccc23)cc1. The van der Waals surface area contributed by atoms with Crippen molar-refractivity contribution in [2.24, 2.45) is 0 Å². The molecule has 0 saturated heterocycles. The lowest BCUT2D eigenvalue weighted by atomic mass is 9.77. The molecule has 0 N–H and O–H groups in total. The van der Waals surface area contributed by atoms with Gasteiger partial charge in [-0.05, 0) is 63.9 Å². The minimum Gasteiger partial charge on any atom is -0.455 e. The predicted octanol–water partition coefficient (Wildman–Crippen LogP) is 16.8. The van der Waals surface area contributed by atoms with E-state index in [2.05, 4.69) is 252 Å². The summed E-state index contributed by atoms with van der Waals surface area (Å²) in [5.41, 5.74) is 16.3. The Hall–Kier alpha value is -10.2. The Morgan fingerprint density at radius 2 is 1.02 bits per heavy atom. The summed E-state index contributed by atoms with van der Waals surface area (Å²) in [6.45, 7) is 0. The van der Waals surface area contributed by atoms with E-state index >= 15 is 0 Å². The minimum absolute atomic E-state index is 0.0111. The summed E-state index contributed by atoms with van der Waals surface area (Å²) >= 11 is 1.92. The highest BCUT2D eigenvalue weighted by Gasteiger charge is 2.48. The van der Waals surface area contributed by atoms with Crippen LogP contribution in [0.15, 0.2) is 252 Å². The van der Waals surface area contributed by atoms with Crippen molar-refractivity contribution in [1.29, 1.82) is 0 Å². The van der Waals surface area contributed by atoms with Crippen LogP contribution in [0.1, 0.15) is 23.0 Å². The van der Waals surface area contributed by atoms with E-state index in [1.165, 1.54) is 37.1 Å². The molecule has 1 aliphatic carbocycles. The second-order valence-corrected chi connectivity index (χ2v) is 22.2. The molecule has 11 aromatic carbocycles. The molecule has 6 heterocycles. The van der Waals surface area contributed by atoms with E-state index in [-0.39, 0.29) is 11.8 Å². The van der Waals surface area contributed by atoms with E-state index in [4.69, 9.17) is 24.4 Å². The lowest BCUT2D eigenvalue weighted by molar-refractivity contribution is 0.673. The molecular formula is C72H42N6OS. The van der Waals surface area contributed by atoms with E-state index < -0.39 is 0 Å². The number of rotatable bonds is 5. The molecule has 2 atom stereocenters. The molecule has 0 radical (unpaired) electrons. The molecule has 0 spiro atoms. The van der Waals surface area contributed by atoms with E-state index in [1.807, 2.05) is 11.8 Å². The molecule has 7 nitrogen and oxygen atoms in total. The number of benzene rings is 11. The molecule has 0 amide bonds. The van der Waals surface area contributed by atoms with Crippen molar-refractivity contribution in [2.75, 3.05) is 4.90 Å². The lowest BCUT2D eigenvalue weighted by Crippen LogP contribution is -2.39. The summed E-state index contributed by atoms with van der Waals surface area (Å²) in [4.78, 5) is 27.3. The number of anilines is 2. The zero-order valence-electron chi connectivity index (χ0n) is 42.7. The first-order valence-corrected chi connectivity index (χ1v) is 28.0. The fraction of sp³-hybridized carbons (Fsp3) is 0.0278. The van der Waals surface area contributed by atoms with Gasteiger partial charge in [0.05, 0.1) is 39.1 Å². The third-order valence-electron chi connectivity index (χ3n) is 17.0. The van der Waals surface area contributed by atoms with Crippen molar-refractivity contribution in [1.82, 2.24) is 24.5 Å². The first kappa shape index (κ1) is 43.9. The Labute approximate surface area is 462 Å². The van der Waals surface area contributed by atoms with Gasteiger partial charge < -0.3 is 4.42 Å². The number of nitrogens with zero attached hydrogens (tertiary/aromatic N) is 6. The van der Waals surface area contributed by atoms with Crippen LogP contribution in [-0.2, 0) is 0 Å². The fourth-order valence-corrected chi connectivity index (χ4v) is 15.0. The molecule has 80 heavy (non-hydrogen) atoms. The number of hydrogen-bond acceptors (Lipinski definition) is 7. The van der Waals surface area contributed by atoms with E-state index in [0.717, 1.165) is 116 Å². The third kappa shape index (κ3) is 6.11. The number of aromatic nitrogens is 5. The standard InChI is InChI=1S/C72H42N6OS/c1-3-20-41(21-4-1)65-47-26-9-14-33-54(47)73-71(75-65)77-56-35-16-11-28-49(56)61-63-51-29-12-17-36-58(51)79-69(63)60-44(31-19-32-53(60)68(61)77)43-38-39-50-57(40-43)78(72-74-55-34-15-10-27-48(55)66(76-72)42-22-5-2-6-23-42)67-45-24-7-8-25-46(45)70-64(62(50)67)52-30-13-18-37-59(52)80-70/h1-40,62,64H. The van der Waals surface area contributed by atoms with Crippen LogP contribution in [0.3, 0.4) is 0 Å². The van der Waals surface area contributed by atoms with Gasteiger partial charge in [0.15, 0.2) is 0 Å². The molecule has 15 aromatic rings. The van der Waals surface area contributed by atoms with Crippen molar-refractivity contribution >= 4 is 110 Å². The van der Waals surface area contributed by atoms with Crippen LogP contribution < -0.4 is 15.3 Å².